The summed E-state index contributed by atoms with van der Waals surface area (Å²) in [6.45, 7) is 1.56. The highest BCUT2D eigenvalue weighted by atomic mass is 16.5. The summed E-state index contributed by atoms with van der Waals surface area (Å²) in [5.74, 6) is 0.838. The molecule has 0 bridgehead atoms. The first kappa shape index (κ1) is 9.94. The lowest BCUT2D eigenvalue weighted by Gasteiger charge is -2.24. The first-order valence-corrected chi connectivity index (χ1v) is 4.99. The molecule has 78 valence electrons. The van der Waals surface area contributed by atoms with E-state index in [4.69, 9.17) is 10.00 Å². The fraction of sp³-hybridized carbons (Fsp3) is 0.455. The van der Waals surface area contributed by atoms with Gasteiger partial charge < -0.3 is 9.64 Å². The summed E-state index contributed by atoms with van der Waals surface area (Å²) in [5.41, 5.74) is 0.457. The van der Waals surface area contributed by atoms with Crippen molar-refractivity contribution >= 4 is 5.82 Å². The van der Waals surface area contributed by atoms with Crippen molar-refractivity contribution in [2.45, 2.75) is 12.5 Å². The molecule has 1 atom stereocenters. The molecule has 0 aromatic carbocycles. The minimum Gasteiger partial charge on any atom is -0.379 e. The maximum Gasteiger partial charge on any atom is 0.142 e. The Hall–Kier alpha value is -1.60. The van der Waals surface area contributed by atoms with Crippen LogP contribution >= 0.6 is 0 Å². The number of ether oxygens (including phenoxy) is 1. The van der Waals surface area contributed by atoms with E-state index in [0.717, 1.165) is 25.5 Å². The third kappa shape index (κ3) is 2.08. The molecule has 0 N–H and O–H groups in total. The molecule has 1 aromatic heterocycles. The zero-order valence-corrected chi connectivity index (χ0v) is 8.68. The van der Waals surface area contributed by atoms with Crippen molar-refractivity contribution in [2.75, 3.05) is 25.2 Å². The van der Waals surface area contributed by atoms with Gasteiger partial charge in [0.15, 0.2) is 0 Å². The van der Waals surface area contributed by atoms with Gasteiger partial charge >= 0.3 is 0 Å². The molecule has 2 rings (SSSR count). The molecular weight excluding hydrogens is 190 g/mol. The largest absolute Gasteiger partial charge is 0.379 e. The molecule has 1 unspecified atom stereocenters. The molecule has 4 nitrogen and oxygen atoms in total. The quantitative estimate of drug-likeness (QED) is 0.724. The number of nitrogens with zero attached hydrogens (tertiary/aromatic N) is 3. The maximum absolute atomic E-state index is 8.75. The van der Waals surface area contributed by atoms with E-state index in [0.29, 0.717) is 11.7 Å². The molecule has 0 aliphatic carbocycles. The Bertz CT molecular complexity index is 380. The number of hydrogen-bond acceptors (Lipinski definition) is 4. The number of pyridine rings is 1. The fourth-order valence-corrected chi connectivity index (χ4v) is 1.70. The second-order valence-electron chi connectivity index (χ2n) is 3.62. The molecule has 1 aromatic rings. The Morgan fingerprint density at radius 3 is 3.13 bits per heavy atom. The highest BCUT2D eigenvalue weighted by Gasteiger charge is 2.21. The van der Waals surface area contributed by atoms with Crippen LogP contribution < -0.4 is 4.90 Å². The van der Waals surface area contributed by atoms with Crippen molar-refractivity contribution in [2.24, 2.45) is 0 Å². The van der Waals surface area contributed by atoms with Crippen molar-refractivity contribution < 1.29 is 4.74 Å². The fourth-order valence-electron chi connectivity index (χ4n) is 1.70. The monoisotopic (exact) mass is 203 g/mol. The van der Waals surface area contributed by atoms with Gasteiger partial charge in [-0.25, -0.2) is 4.98 Å². The smallest absolute Gasteiger partial charge is 0.142 e. The first-order chi connectivity index (χ1) is 7.31. The predicted octanol–water partition coefficient (Wildman–Crippen LogP) is 1.18. The van der Waals surface area contributed by atoms with E-state index < -0.39 is 0 Å². The van der Waals surface area contributed by atoms with Gasteiger partial charge in [-0.15, -0.1) is 0 Å². The Kier molecular flexibility index (Phi) is 2.84. The maximum atomic E-state index is 8.75. The summed E-state index contributed by atoms with van der Waals surface area (Å²) in [7, 11) is 1.99. The van der Waals surface area contributed by atoms with Gasteiger partial charge in [0.2, 0.25) is 0 Å². The molecule has 0 radical (unpaired) electrons. The summed E-state index contributed by atoms with van der Waals surface area (Å²) in [4.78, 5) is 6.32. The minimum atomic E-state index is 0.381. The van der Waals surface area contributed by atoms with Gasteiger partial charge in [-0.3, -0.25) is 0 Å². The Labute approximate surface area is 89.1 Å². The van der Waals surface area contributed by atoms with E-state index in [1.807, 2.05) is 25.2 Å². The van der Waals surface area contributed by atoms with Crippen molar-refractivity contribution in [3.05, 3.63) is 23.9 Å². The molecule has 1 aliphatic rings. The number of hydrogen-bond donors (Lipinski definition) is 0. The summed E-state index contributed by atoms with van der Waals surface area (Å²) >= 11 is 0. The number of likely N-dealkylation sites (N-methyl/N-ethyl adjacent to an activating group) is 1. The SMILES string of the molecule is CN(c1cccc(C#N)n1)C1CCOC1. The van der Waals surface area contributed by atoms with E-state index in [-0.39, 0.29) is 0 Å². The summed E-state index contributed by atoms with van der Waals surface area (Å²) in [6, 6.07) is 7.91. The lowest BCUT2D eigenvalue weighted by atomic mass is 10.2. The van der Waals surface area contributed by atoms with E-state index >= 15 is 0 Å². The third-order valence-electron chi connectivity index (χ3n) is 2.66. The first-order valence-electron chi connectivity index (χ1n) is 4.99. The van der Waals surface area contributed by atoms with E-state index in [2.05, 4.69) is 9.88 Å². The molecule has 1 aliphatic heterocycles. The number of nitriles is 1. The average molecular weight is 203 g/mol. The molecule has 0 saturated carbocycles. The van der Waals surface area contributed by atoms with Crippen LogP contribution in [0, 0.1) is 11.3 Å². The highest BCUT2D eigenvalue weighted by Crippen LogP contribution is 2.17. The standard InChI is InChI=1S/C11H13N3O/c1-14(10-5-6-15-8-10)11-4-2-3-9(7-12)13-11/h2-4,10H,5-6,8H2,1H3. The van der Waals surface area contributed by atoms with Gasteiger partial charge in [-0.2, -0.15) is 5.26 Å². The van der Waals surface area contributed by atoms with Gasteiger partial charge in [0.1, 0.15) is 17.6 Å². The Morgan fingerprint density at radius 1 is 1.60 bits per heavy atom. The number of anilines is 1. The van der Waals surface area contributed by atoms with Crippen LogP contribution in [-0.4, -0.2) is 31.3 Å². The van der Waals surface area contributed by atoms with Crippen molar-refractivity contribution in [3.63, 3.8) is 0 Å². The van der Waals surface area contributed by atoms with Crippen LogP contribution in [0.2, 0.25) is 0 Å². The van der Waals surface area contributed by atoms with Crippen LogP contribution in [0.5, 0.6) is 0 Å². The summed E-state index contributed by atoms with van der Waals surface area (Å²) in [5, 5.41) is 8.75. The Morgan fingerprint density at radius 2 is 2.47 bits per heavy atom. The van der Waals surface area contributed by atoms with Gasteiger partial charge in [0.25, 0.3) is 0 Å². The second-order valence-corrected chi connectivity index (χ2v) is 3.62. The van der Waals surface area contributed by atoms with E-state index in [1.54, 1.807) is 6.07 Å². The molecule has 1 saturated heterocycles. The predicted molar refractivity (Wildman–Crippen MR) is 56.6 cm³/mol. The normalized spacial score (nSPS) is 19.9. The molecule has 1 fully saturated rings. The lowest BCUT2D eigenvalue weighted by Crippen LogP contribution is -2.32. The van der Waals surface area contributed by atoms with Crippen LogP contribution in [0.25, 0.3) is 0 Å². The zero-order chi connectivity index (χ0) is 10.7. The number of aromatic nitrogens is 1. The molecular formula is C11H13N3O. The third-order valence-corrected chi connectivity index (χ3v) is 2.66. The topological polar surface area (TPSA) is 49.2 Å². The van der Waals surface area contributed by atoms with Crippen LogP contribution in [0.1, 0.15) is 12.1 Å². The van der Waals surface area contributed by atoms with Gasteiger partial charge in [0.05, 0.1) is 12.6 Å². The van der Waals surface area contributed by atoms with Gasteiger partial charge in [-0.05, 0) is 18.6 Å². The van der Waals surface area contributed by atoms with Crippen molar-refractivity contribution in [1.29, 1.82) is 5.26 Å². The molecule has 2 heterocycles. The van der Waals surface area contributed by atoms with Gasteiger partial charge in [-0.1, -0.05) is 6.07 Å². The van der Waals surface area contributed by atoms with E-state index in [9.17, 15) is 0 Å². The van der Waals surface area contributed by atoms with E-state index in [1.165, 1.54) is 0 Å². The number of rotatable bonds is 2. The average Bonchev–Trinajstić information content (AvgIpc) is 2.81. The molecule has 0 spiro atoms. The van der Waals surface area contributed by atoms with Crippen LogP contribution in [0.15, 0.2) is 18.2 Å². The van der Waals surface area contributed by atoms with Gasteiger partial charge in [0, 0.05) is 13.7 Å². The molecule has 4 heteroatoms. The second kappa shape index (κ2) is 4.28. The summed E-state index contributed by atoms with van der Waals surface area (Å²) < 4.78 is 5.32. The zero-order valence-electron chi connectivity index (χ0n) is 8.68. The molecule has 15 heavy (non-hydrogen) atoms. The van der Waals surface area contributed by atoms with Crippen molar-refractivity contribution in [3.8, 4) is 6.07 Å². The highest BCUT2D eigenvalue weighted by molar-refractivity contribution is 5.41. The van der Waals surface area contributed by atoms with Crippen LogP contribution in [0.3, 0.4) is 0 Å². The minimum absolute atomic E-state index is 0.381. The Balaban J connectivity index is 2.17. The molecule has 0 amide bonds. The van der Waals surface area contributed by atoms with Crippen LogP contribution in [0.4, 0.5) is 5.82 Å². The lowest BCUT2D eigenvalue weighted by molar-refractivity contribution is 0.193. The summed E-state index contributed by atoms with van der Waals surface area (Å²) in [6.07, 6.45) is 1.02. The van der Waals surface area contributed by atoms with Crippen molar-refractivity contribution in [1.82, 2.24) is 4.98 Å². The van der Waals surface area contributed by atoms with Crippen LogP contribution in [-0.2, 0) is 4.74 Å².